The number of carboxylic acids is 1. The van der Waals surface area contributed by atoms with E-state index < -0.39 is 16.0 Å². The Hall–Kier alpha value is -1.86. The first kappa shape index (κ1) is 14.1. The zero-order valence-corrected chi connectivity index (χ0v) is 12.2. The van der Waals surface area contributed by atoms with E-state index >= 15 is 0 Å². The Morgan fingerprint density at radius 2 is 1.90 bits per heavy atom. The van der Waals surface area contributed by atoms with E-state index in [1.54, 1.807) is 35.0 Å². The summed E-state index contributed by atoms with van der Waals surface area (Å²) in [6, 6.07) is 6.57. The van der Waals surface area contributed by atoms with Crippen molar-refractivity contribution in [1.29, 1.82) is 0 Å². The van der Waals surface area contributed by atoms with Gasteiger partial charge in [-0.1, -0.05) is 0 Å². The zero-order chi connectivity index (χ0) is 15.0. The lowest BCUT2D eigenvalue weighted by atomic mass is 10.2. The van der Waals surface area contributed by atoms with Crippen LogP contribution in [0.4, 0.5) is 0 Å². The Balaban J connectivity index is 2.00. The average Bonchev–Trinajstić information content (AvgIpc) is 3.08. The van der Waals surface area contributed by atoms with Crippen molar-refractivity contribution in [1.82, 2.24) is 8.87 Å². The molecule has 0 atom stereocenters. The average molecular weight is 308 g/mol. The van der Waals surface area contributed by atoms with Gasteiger partial charge in [-0.15, -0.1) is 0 Å². The summed E-state index contributed by atoms with van der Waals surface area (Å²) >= 11 is 0. The molecule has 1 aliphatic rings. The van der Waals surface area contributed by atoms with Gasteiger partial charge in [0.15, 0.2) is 0 Å². The van der Waals surface area contributed by atoms with E-state index in [1.165, 1.54) is 4.31 Å². The maximum atomic E-state index is 12.5. The molecule has 0 unspecified atom stereocenters. The number of nitrogens with zero attached hydrogens (tertiary/aromatic N) is 2. The molecule has 0 radical (unpaired) electrons. The summed E-state index contributed by atoms with van der Waals surface area (Å²) in [6.45, 7) is 1.00. The maximum absolute atomic E-state index is 12.5. The third kappa shape index (κ3) is 2.54. The van der Waals surface area contributed by atoms with Gasteiger partial charge in [-0.25, -0.2) is 8.42 Å². The highest BCUT2D eigenvalue weighted by atomic mass is 32.2. The van der Waals surface area contributed by atoms with E-state index in [2.05, 4.69) is 0 Å². The van der Waals surface area contributed by atoms with Crippen molar-refractivity contribution in [3.63, 3.8) is 0 Å². The Bertz CT molecular complexity index is 788. The predicted octanol–water partition coefficient (Wildman–Crippen LogP) is 1.51. The number of fused-ring (bicyclic) bond motifs is 1. The molecule has 1 N–H and O–H groups in total. The van der Waals surface area contributed by atoms with Gasteiger partial charge in [0, 0.05) is 30.2 Å². The summed E-state index contributed by atoms with van der Waals surface area (Å²) < 4.78 is 28.1. The molecule has 112 valence electrons. The van der Waals surface area contributed by atoms with Crippen LogP contribution in [0.15, 0.2) is 35.4 Å². The van der Waals surface area contributed by atoms with Gasteiger partial charge >= 0.3 is 5.97 Å². The molecule has 0 bridgehead atoms. The number of rotatable bonds is 4. The van der Waals surface area contributed by atoms with Crippen molar-refractivity contribution >= 4 is 26.9 Å². The largest absolute Gasteiger partial charge is 0.480 e. The Labute approximate surface area is 122 Å². The van der Waals surface area contributed by atoms with Crippen LogP contribution in [0.25, 0.3) is 10.9 Å². The van der Waals surface area contributed by atoms with Crippen molar-refractivity contribution in [2.24, 2.45) is 0 Å². The molecule has 1 fully saturated rings. The lowest BCUT2D eigenvalue weighted by Crippen LogP contribution is -2.27. The topological polar surface area (TPSA) is 79.6 Å². The minimum absolute atomic E-state index is 0.137. The molecule has 7 heteroatoms. The van der Waals surface area contributed by atoms with Crippen molar-refractivity contribution in [3.05, 3.63) is 30.5 Å². The van der Waals surface area contributed by atoms with Crippen LogP contribution < -0.4 is 0 Å². The second-order valence-corrected chi connectivity index (χ2v) is 7.11. The smallest absolute Gasteiger partial charge is 0.323 e. The van der Waals surface area contributed by atoms with Gasteiger partial charge in [0.1, 0.15) is 6.54 Å². The minimum Gasteiger partial charge on any atom is -0.480 e. The van der Waals surface area contributed by atoms with E-state index in [4.69, 9.17) is 5.11 Å². The minimum atomic E-state index is -3.44. The molecule has 0 spiro atoms. The second-order valence-electron chi connectivity index (χ2n) is 5.17. The maximum Gasteiger partial charge on any atom is 0.323 e. The first-order chi connectivity index (χ1) is 9.98. The highest BCUT2D eigenvalue weighted by Gasteiger charge is 2.27. The Morgan fingerprint density at radius 1 is 1.19 bits per heavy atom. The first-order valence-corrected chi connectivity index (χ1v) is 8.23. The molecular formula is C14H16N2O4S. The van der Waals surface area contributed by atoms with Crippen LogP contribution in [0, 0.1) is 0 Å². The molecule has 3 rings (SSSR count). The van der Waals surface area contributed by atoms with Gasteiger partial charge in [0.05, 0.1) is 4.90 Å². The SMILES string of the molecule is O=C(O)Cn1ccc2cc(S(=O)(=O)N3CCCC3)ccc21. The van der Waals surface area contributed by atoms with Gasteiger partial charge in [0.25, 0.3) is 0 Å². The monoisotopic (exact) mass is 308 g/mol. The van der Waals surface area contributed by atoms with E-state index in [-0.39, 0.29) is 11.4 Å². The van der Waals surface area contributed by atoms with Gasteiger partial charge in [0.2, 0.25) is 10.0 Å². The highest BCUT2D eigenvalue weighted by molar-refractivity contribution is 7.89. The molecule has 6 nitrogen and oxygen atoms in total. The standard InChI is InChI=1S/C14H16N2O4S/c17-14(18)10-15-8-5-11-9-12(3-4-13(11)15)21(19,20)16-6-1-2-7-16/h3-5,8-9H,1-2,6-7,10H2,(H,17,18). The summed E-state index contributed by atoms with van der Waals surface area (Å²) in [7, 11) is -3.44. The molecule has 0 amide bonds. The van der Waals surface area contributed by atoms with Crippen molar-refractivity contribution in [2.45, 2.75) is 24.3 Å². The van der Waals surface area contributed by atoms with Crippen molar-refractivity contribution < 1.29 is 18.3 Å². The summed E-state index contributed by atoms with van der Waals surface area (Å²) in [5, 5.41) is 9.58. The fourth-order valence-corrected chi connectivity index (χ4v) is 4.25. The molecule has 1 saturated heterocycles. The number of hydrogen-bond donors (Lipinski definition) is 1. The number of aliphatic carboxylic acids is 1. The molecule has 2 heterocycles. The van der Waals surface area contributed by atoms with Crippen LogP contribution in [0.3, 0.4) is 0 Å². The highest BCUT2D eigenvalue weighted by Crippen LogP contribution is 2.25. The van der Waals surface area contributed by atoms with Crippen LogP contribution in [-0.2, 0) is 21.4 Å². The zero-order valence-electron chi connectivity index (χ0n) is 11.4. The van der Waals surface area contributed by atoms with Crippen LogP contribution in [0.5, 0.6) is 0 Å². The van der Waals surface area contributed by atoms with Crippen molar-refractivity contribution in [3.8, 4) is 0 Å². The molecule has 0 saturated carbocycles. The number of sulfonamides is 1. The van der Waals surface area contributed by atoms with Gasteiger partial charge in [-0.05, 0) is 37.1 Å². The summed E-state index contributed by atoms with van der Waals surface area (Å²) in [5.74, 6) is -0.929. The van der Waals surface area contributed by atoms with Crippen LogP contribution in [0.2, 0.25) is 0 Å². The van der Waals surface area contributed by atoms with Crippen LogP contribution in [0.1, 0.15) is 12.8 Å². The molecular weight excluding hydrogens is 292 g/mol. The summed E-state index contributed by atoms with van der Waals surface area (Å²) in [5.41, 5.74) is 0.720. The molecule has 0 aliphatic carbocycles. The van der Waals surface area contributed by atoms with Crippen LogP contribution in [-0.4, -0.2) is 41.5 Å². The van der Waals surface area contributed by atoms with Gasteiger partial charge < -0.3 is 9.67 Å². The second kappa shape index (κ2) is 5.16. The number of hydrogen-bond acceptors (Lipinski definition) is 3. The normalized spacial score (nSPS) is 16.6. The van der Waals surface area contributed by atoms with E-state index in [0.29, 0.717) is 13.1 Å². The molecule has 1 aromatic heterocycles. The third-order valence-corrected chi connectivity index (χ3v) is 5.65. The fraction of sp³-hybridized carbons (Fsp3) is 0.357. The first-order valence-electron chi connectivity index (χ1n) is 6.79. The number of carboxylic acid groups (broad SMARTS) is 1. The van der Waals surface area contributed by atoms with E-state index in [9.17, 15) is 13.2 Å². The van der Waals surface area contributed by atoms with Crippen molar-refractivity contribution in [2.75, 3.05) is 13.1 Å². The third-order valence-electron chi connectivity index (χ3n) is 3.75. The van der Waals surface area contributed by atoms with E-state index in [1.807, 2.05) is 0 Å². The Morgan fingerprint density at radius 3 is 2.57 bits per heavy atom. The number of carbonyl (C=O) groups is 1. The fourth-order valence-electron chi connectivity index (χ4n) is 2.70. The van der Waals surface area contributed by atoms with Gasteiger partial charge in [-0.3, -0.25) is 4.79 Å². The molecule has 1 aromatic carbocycles. The number of benzene rings is 1. The number of aromatic nitrogens is 1. The van der Waals surface area contributed by atoms with E-state index in [0.717, 1.165) is 23.7 Å². The summed E-state index contributed by atoms with van der Waals surface area (Å²) in [4.78, 5) is 11.1. The molecule has 2 aromatic rings. The molecule has 21 heavy (non-hydrogen) atoms. The van der Waals surface area contributed by atoms with Crippen LogP contribution >= 0.6 is 0 Å². The van der Waals surface area contributed by atoms with Gasteiger partial charge in [-0.2, -0.15) is 4.31 Å². The quantitative estimate of drug-likeness (QED) is 0.928. The summed E-state index contributed by atoms with van der Waals surface area (Å²) in [6.07, 6.45) is 3.46. The Kier molecular flexibility index (Phi) is 3.46. The lowest BCUT2D eigenvalue weighted by Gasteiger charge is -2.15. The molecule has 1 aliphatic heterocycles. The predicted molar refractivity (Wildman–Crippen MR) is 77.6 cm³/mol. The lowest BCUT2D eigenvalue weighted by molar-refractivity contribution is -0.137.